The molecule has 0 aliphatic heterocycles. The van der Waals surface area contributed by atoms with Crippen molar-refractivity contribution in [2.24, 2.45) is 0 Å². The molecule has 40 heavy (non-hydrogen) atoms. The average molecular weight is 700 g/mol. The second-order valence-corrected chi connectivity index (χ2v) is 9.09. The Kier molecular flexibility index (Phi) is 12.1. The first-order chi connectivity index (χ1) is 19.1. The minimum Gasteiger partial charge on any atom is -0.256 e. The van der Waals surface area contributed by atoms with Gasteiger partial charge in [-0.05, 0) is 73.9 Å². The van der Waals surface area contributed by atoms with Crippen LogP contribution in [0.3, 0.4) is 0 Å². The molecule has 3 aromatic carbocycles. The third-order valence-electron chi connectivity index (χ3n) is 6.26. The summed E-state index contributed by atoms with van der Waals surface area (Å²) < 4.78 is 0. The van der Waals surface area contributed by atoms with Crippen molar-refractivity contribution in [3.8, 4) is 33.8 Å². The molecule has 4 heteroatoms. The van der Waals surface area contributed by atoms with Crippen LogP contribution < -0.4 is 0 Å². The zero-order valence-electron chi connectivity index (χ0n) is 23.0. The molecular formula is C36H33IrN3. The number of hydrogen-bond donors (Lipinski definition) is 0. The Morgan fingerprint density at radius 1 is 0.325 bits per heavy atom. The Balaban J connectivity index is 0.000000163. The number of rotatable bonds is 3. The van der Waals surface area contributed by atoms with Crippen molar-refractivity contribution in [1.82, 2.24) is 15.0 Å². The van der Waals surface area contributed by atoms with E-state index in [1.54, 1.807) is 0 Å². The Morgan fingerprint density at radius 3 is 0.800 bits per heavy atom. The molecule has 3 aromatic heterocycles. The molecule has 0 saturated carbocycles. The van der Waals surface area contributed by atoms with Crippen LogP contribution >= 0.6 is 0 Å². The molecule has 0 bridgehead atoms. The fraction of sp³-hybridized carbons (Fsp3) is 0.0833. The van der Waals surface area contributed by atoms with Gasteiger partial charge in [0.2, 0.25) is 0 Å². The normalized spacial score (nSPS) is 9.68. The Morgan fingerprint density at radius 2 is 0.575 bits per heavy atom. The van der Waals surface area contributed by atoms with Crippen molar-refractivity contribution in [2.45, 2.75) is 20.8 Å². The maximum absolute atomic E-state index is 4.31. The molecule has 6 rings (SSSR count). The molecular weight excluding hydrogens is 667 g/mol. The number of hydrogen-bond acceptors (Lipinski definition) is 3. The van der Waals surface area contributed by atoms with Gasteiger partial charge in [-0.1, -0.05) is 91.0 Å². The Bertz CT molecular complexity index is 1380. The summed E-state index contributed by atoms with van der Waals surface area (Å²) in [6.45, 7) is 6.30. The van der Waals surface area contributed by atoms with E-state index < -0.39 is 0 Å². The molecule has 0 amide bonds. The molecule has 1 radical (unpaired) electrons. The van der Waals surface area contributed by atoms with Gasteiger partial charge in [0.15, 0.2) is 0 Å². The molecule has 6 aromatic rings. The largest absolute Gasteiger partial charge is 0.256 e. The molecule has 0 unspecified atom stereocenters. The molecule has 0 atom stereocenters. The van der Waals surface area contributed by atoms with Crippen LogP contribution in [0.4, 0.5) is 0 Å². The SMILES string of the molecule is Cc1ccccc1-c1ccccn1.Cc1ccccc1-c1ccccn1.Cc1ccccc1-c1ccccn1.[Ir]. The van der Waals surface area contributed by atoms with E-state index in [-0.39, 0.29) is 20.1 Å². The molecule has 0 aliphatic carbocycles. The molecule has 0 N–H and O–H groups in total. The van der Waals surface area contributed by atoms with Crippen molar-refractivity contribution in [3.05, 3.63) is 163 Å². The van der Waals surface area contributed by atoms with Crippen LogP contribution in [0.2, 0.25) is 0 Å². The van der Waals surface area contributed by atoms with Gasteiger partial charge in [-0.25, -0.2) is 0 Å². The second-order valence-electron chi connectivity index (χ2n) is 9.09. The van der Waals surface area contributed by atoms with E-state index in [0.29, 0.717) is 0 Å². The summed E-state index contributed by atoms with van der Waals surface area (Å²) in [5.74, 6) is 0. The van der Waals surface area contributed by atoms with Gasteiger partial charge in [-0.15, -0.1) is 0 Å². The topological polar surface area (TPSA) is 38.7 Å². The quantitative estimate of drug-likeness (QED) is 0.185. The molecule has 201 valence electrons. The van der Waals surface area contributed by atoms with Crippen molar-refractivity contribution < 1.29 is 20.1 Å². The zero-order chi connectivity index (χ0) is 27.3. The number of aryl methyl sites for hydroxylation is 3. The minimum atomic E-state index is 0. The fourth-order valence-electron chi connectivity index (χ4n) is 4.15. The van der Waals surface area contributed by atoms with Crippen LogP contribution in [-0.4, -0.2) is 15.0 Å². The van der Waals surface area contributed by atoms with Gasteiger partial charge in [0.05, 0.1) is 17.1 Å². The standard InChI is InChI=1S/3C12H11N.Ir/c3*1-10-6-2-3-7-11(10)12-8-4-5-9-13-12;/h3*2-9H,1H3;. The number of benzene rings is 3. The van der Waals surface area contributed by atoms with E-state index in [1.807, 2.05) is 110 Å². The Labute approximate surface area is 251 Å². The van der Waals surface area contributed by atoms with Crippen molar-refractivity contribution in [3.63, 3.8) is 0 Å². The van der Waals surface area contributed by atoms with E-state index in [9.17, 15) is 0 Å². The summed E-state index contributed by atoms with van der Waals surface area (Å²) in [5.41, 5.74) is 10.6. The summed E-state index contributed by atoms with van der Waals surface area (Å²) in [4.78, 5) is 12.9. The zero-order valence-corrected chi connectivity index (χ0v) is 25.4. The maximum atomic E-state index is 4.31. The second kappa shape index (κ2) is 16.0. The summed E-state index contributed by atoms with van der Waals surface area (Å²) in [7, 11) is 0. The van der Waals surface area contributed by atoms with Crippen LogP contribution in [0.25, 0.3) is 33.8 Å². The molecule has 0 saturated heterocycles. The van der Waals surface area contributed by atoms with Crippen LogP contribution in [0.5, 0.6) is 0 Å². The van der Waals surface area contributed by atoms with E-state index in [1.165, 1.54) is 33.4 Å². The third kappa shape index (κ3) is 8.64. The van der Waals surface area contributed by atoms with Gasteiger partial charge in [0.1, 0.15) is 0 Å². The predicted octanol–water partition coefficient (Wildman–Crippen LogP) is 9.17. The van der Waals surface area contributed by atoms with Gasteiger partial charge in [-0.3, -0.25) is 15.0 Å². The minimum absolute atomic E-state index is 0. The molecule has 3 heterocycles. The summed E-state index contributed by atoms with van der Waals surface area (Å²) in [6, 6.07) is 42.7. The molecule has 3 nitrogen and oxygen atoms in total. The smallest absolute Gasteiger partial charge is 0.0704 e. The summed E-state index contributed by atoms with van der Waals surface area (Å²) >= 11 is 0. The van der Waals surface area contributed by atoms with Crippen molar-refractivity contribution in [2.75, 3.05) is 0 Å². The predicted molar refractivity (Wildman–Crippen MR) is 163 cm³/mol. The van der Waals surface area contributed by atoms with E-state index >= 15 is 0 Å². The first-order valence-electron chi connectivity index (χ1n) is 13.0. The van der Waals surface area contributed by atoms with Crippen LogP contribution in [0.1, 0.15) is 16.7 Å². The van der Waals surface area contributed by atoms with Crippen molar-refractivity contribution >= 4 is 0 Å². The van der Waals surface area contributed by atoms with Gasteiger partial charge in [0, 0.05) is 55.4 Å². The third-order valence-corrected chi connectivity index (χ3v) is 6.26. The van der Waals surface area contributed by atoms with Crippen LogP contribution in [-0.2, 0) is 20.1 Å². The number of aromatic nitrogens is 3. The van der Waals surface area contributed by atoms with Crippen LogP contribution in [0, 0.1) is 20.8 Å². The van der Waals surface area contributed by atoms with Gasteiger partial charge >= 0.3 is 0 Å². The van der Waals surface area contributed by atoms with Gasteiger partial charge in [0.25, 0.3) is 0 Å². The van der Waals surface area contributed by atoms with E-state index in [0.717, 1.165) is 17.1 Å². The molecule has 0 fully saturated rings. The van der Waals surface area contributed by atoms with E-state index in [4.69, 9.17) is 0 Å². The fourth-order valence-corrected chi connectivity index (χ4v) is 4.15. The summed E-state index contributed by atoms with van der Waals surface area (Å²) in [6.07, 6.45) is 5.46. The van der Waals surface area contributed by atoms with Gasteiger partial charge < -0.3 is 0 Å². The average Bonchev–Trinajstić information content (AvgIpc) is 3.00. The van der Waals surface area contributed by atoms with E-state index in [2.05, 4.69) is 72.1 Å². The number of pyridine rings is 3. The monoisotopic (exact) mass is 700 g/mol. The van der Waals surface area contributed by atoms with Crippen LogP contribution in [0.15, 0.2) is 146 Å². The first kappa shape index (κ1) is 30.3. The molecule has 0 aliphatic rings. The Hall–Kier alpha value is -4.24. The van der Waals surface area contributed by atoms with Crippen molar-refractivity contribution in [1.29, 1.82) is 0 Å². The maximum Gasteiger partial charge on any atom is 0.0704 e. The summed E-state index contributed by atoms with van der Waals surface area (Å²) in [5, 5.41) is 0. The van der Waals surface area contributed by atoms with Gasteiger partial charge in [-0.2, -0.15) is 0 Å². The number of nitrogens with zero attached hydrogens (tertiary/aromatic N) is 3. The molecule has 0 spiro atoms. The first-order valence-corrected chi connectivity index (χ1v) is 13.0.